The molecule has 1 aliphatic carbocycles. The number of aromatic nitrogens is 4. The van der Waals surface area contributed by atoms with Gasteiger partial charge in [-0.15, -0.1) is 0 Å². The van der Waals surface area contributed by atoms with Gasteiger partial charge in [0.25, 0.3) is 0 Å². The Balaban J connectivity index is 0.000000686. The summed E-state index contributed by atoms with van der Waals surface area (Å²) in [5, 5.41) is 5.16. The summed E-state index contributed by atoms with van der Waals surface area (Å²) in [4.78, 5) is 8.72. The van der Waals surface area contributed by atoms with Crippen molar-refractivity contribution in [2.75, 3.05) is 24.5 Å². The van der Waals surface area contributed by atoms with Crippen LogP contribution in [0.25, 0.3) is 0 Å². The molecule has 4 heterocycles. The molecule has 6 nitrogen and oxygen atoms in total. The summed E-state index contributed by atoms with van der Waals surface area (Å²) in [5.74, 6) is 1.18. The predicted octanol–water partition coefficient (Wildman–Crippen LogP) is 5.09. The lowest BCUT2D eigenvalue weighted by atomic mass is 9.60. The van der Waals surface area contributed by atoms with E-state index in [2.05, 4.69) is 53.0 Å². The lowest BCUT2D eigenvalue weighted by Crippen LogP contribution is -2.61. The van der Waals surface area contributed by atoms with Crippen molar-refractivity contribution >= 4 is 13.8 Å². The molecule has 0 aromatic carbocycles. The molecule has 7 heteroatoms. The van der Waals surface area contributed by atoms with Crippen LogP contribution in [0.1, 0.15) is 90.6 Å². The second-order valence-corrected chi connectivity index (χ2v) is 10.1. The van der Waals surface area contributed by atoms with Crippen molar-refractivity contribution in [3.63, 3.8) is 0 Å². The van der Waals surface area contributed by atoms with E-state index in [0.29, 0.717) is 17.5 Å². The molecule has 2 radical (unpaired) electrons. The summed E-state index contributed by atoms with van der Waals surface area (Å²) < 4.78 is 4.58. The standard InChI is InChI=1S/C21H31BN6.2C2H6/c1-15-16(2)28(18-10-21(11-18)12-26(22)13-21)24-19(15)27-7-5-17(9-20(27,3)4)25-8-6-23-14-25;2*1-2/h6,8,14,17-18H,5,7,9-13H2,1-4H3;2*1-2H3. The van der Waals surface area contributed by atoms with Crippen molar-refractivity contribution in [3.05, 3.63) is 30.0 Å². The molecule has 176 valence electrons. The molecule has 2 aromatic heterocycles. The fourth-order valence-corrected chi connectivity index (χ4v) is 5.89. The van der Waals surface area contributed by atoms with E-state index in [-0.39, 0.29) is 5.54 Å². The van der Waals surface area contributed by atoms with E-state index >= 15 is 0 Å². The quantitative estimate of drug-likeness (QED) is 0.626. The van der Waals surface area contributed by atoms with Gasteiger partial charge in [-0.2, -0.15) is 5.10 Å². The fourth-order valence-electron chi connectivity index (χ4n) is 5.89. The minimum absolute atomic E-state index is 0.0679. The predicted molar refractivity (Wildman–Crippen MR) is 134 cm³/mol. The number of hydrogen-bond acceptors (Lipinski definition) is 4. The molecule has 2 aromatic rings. The van der Waals surface area contributed by atoms with Crippen LogP contribution in [0.15, 0.2) is 18.7 Å². The zero-order valence-corrected chi connectivity index (χ0v) is 21.6. The van der Waals surface area contributed by atoms with Gasteiger partial charge in [0.2, 0.25) is 0 Å². The van der Waals surface area contributed by atoms with Crippen LogP contribution < -0.4 is 4.90 Å². The highest BCUT2D eigenvalue weighted by Crippen LogP contribution is 2.54. The lowest BCUT2D eigenvalue weighted by Gasteiger charge is -2.58. The third-order valence-electron chi connectivity index (χ3n) is 7.54. The molecule has 2 aliphatic heterocycles. The van der Waals surface area contributed by atoms with Crippen molar-refractivity contribution in [2.45, 2.75) is 98.7 Å². The molecule has 3 fully saturated rings. The highest BCUT2D eigenvalue weighted by molar-refractivity contribution is 6.05. The molecular weight excluding hydrogens is 395 g/mol. The van der Waals surface area contributed by atoms with Gasteiger partial charge >= 0.3 is 0 Å². The van der Waals surface area contributed by atoms with Crippen LogP contribution in [-0.4, -0.2) is 57.3 Å². The summed E-state index contributed by atoms with van der Waals surface area (Å²) in [5.41, 5.74) is 3.20. The highest BCUT2D eigenvalue weighted by atomic mass is 15.4. The van der Waals surface area contributed by atoms with E-state index in [1.54, 1.807) is 0 Å². The van der Waals surface area contributed by atoms with E-state index in [1.807, 2.05) is 45.0 Å². The van der Waals surface area contributed by atoms with Crippen LogP contribution in [0.4, 0.5) is 5.82 Å². The summed E-state index contributed by atoms with van der Waals surface area (Å²) in [6, 6.07) is 1.05. The monoisotopic (exact) mass is 438 g/mol. The normalized spacial score (nSPS) is 24.0. The Morgan fingerprint density at radius 1 is 1.00 bits per heavy atom. The van der Waals surface area contributed by atoms with Crippen LogP contribution in [0, 0.1) is 19.3 Å². The third kappa shape index (κ3) is 4.37. The van der Waals surface area contributed by atoms with Crippen LogP contribution in [0.3, 0.4) is 0 Å². The zero-order valence-electron chi connectivity index (χ0n) is 21.6. The number of hydrogen-bond donors (Lipinski definition) is 0. The van der Waals surface area contributed by atoms with Crippen molar-refractivity contribution in [1.82, 2.24) is 24.1 Å². The van der Waals surface area contributed by atoms with Crippen molar-refractivity contribution in [3.8, 4) is 0 Å². The van der Waals surface area contributed by atoms with Gasteiger partial charge in [-0.05, 0) is 71.9 Å². The number of anilines is 1. The largest absolute Gasteiger partial charge is 0.352 e. The Kier molecular flexibility index (Phi) is 7.48. The highest BCUT2D eigenvalue weighted by Gasteiger charge is 2.52. The molecule has 2 saturated heterocycles. The first-order chi connectivity index (χ1) is 15.3. The summed E-state index contributed by atoms with van der Waals surface area (Å²) in [6.45, 7) is 20.3. The first kappa shape index (κ1) is 24.9. The van der Waals surface area contributed by atoms with Crippen LogP contribution in [-0.2, 0) is 0 Å². The number of imidazole rings is 1. The van der Waals surface area contributed by atoms with Gasteiger partial charge in [-0.3, -0.25) is 4.68 Å². The van der Waals surface area contributed by atoms with E-state index in [0.717, 1.165) is 32.5 Å². The van der Waals surface area contributed by atoms with Crippen LogP contribution >= 0.6 is 0 Å². The van der Waals surface area contributed by atoms with E-state index in [9.17, 15) is 0 Å². The number of nitrogens with zero attached hydrogens (tertiary/aromatic N) is 6. The molecule has 0 amide bonds. The van der Waals surface area contributed by atoms with Gasteiger partial charge in [-0.25, -0.2) is 4.98 Å². The van der Waals surface area contributed by atoms with Crippen molar-refractivity contribution < 1.29 is 0 Å². The smallest absolute Gasteiger partial charge is 0.182 e. The second-order valence-electron chi connectivity index (χ2n) is 10.1. The topological polar surface area (TPSA) is 42.1 Å². The molecule has 3 aliphatic rings. The molecular formula is C25H43BN6. The van der Waals surface area contributed by atoms with E-state index in [4.69, 9.17) is 13.1 Å². The lowest BCUT2D eigenvalue weighted by molar-refractivity contribution is -0.0503. The van der Waals surface area contributed by atoms with Crippen molar-refractivity contribution in [2.24, 2.45) is 5.41 Å². The minimum atomic E-state index is 0.0679. The Bertz CT molecular complexity index is 857. The van der Waals surface area contributed by atoms with Gasteiger partial charge in [0, 0.05) is 41.8 Å². The summed E-state index contributed by atoms with van der Waals surface area (Å²) >= 11 is 0. The molecule has 32 heavy (non-hydrogen) atoms. The summed E-state index contributed by atoms with van der Waals surface area (Å²) in [6.07, 6.45) is 10.6. The molecule has 1 spiro atoms. The molecule has 0 bridgehead atoms. The number of rotatable bonds is 3. The van der Waals surface area contributed by atoms with Crippen LogP contribution in [0.5, 0.6) is 0 Å². The first-order valence-electron chi connectivity index (χ1n) is 12.6. The second kappa shape index (κ2) is 9.62. The molecule has 0 N–H and O–H groups in total. The van der Waals surface area contributed by atoms with Gasteiger partial charge in [0.1, 0.15) is 0 Å². The van der Waals surface area contributed by atoms with E-state index < -0.39 is 0 Å². The Hall–Kier alpha value is -1.76. The Morgan fingerprint density at radius 2 is 1.66 bits per heavy atom. The SMILES string of the molecule is CC.CC.[B]N1CC2(CC(n3nc(N4CCC(n5ccnc5)CC4(C)C)c(C)c3C)C2)C1. The van der Waals surface area contributed by atoms with Crippen molar-refractivity contribution in [1.29, 1.82) is 0 Å². The third-order valence-corrected chi connectivity index (χ3v) is 7.54. The maximum Gasteiger partial charge on any atom is 0.182 e. The first-order valence-corrected chi connectivity index (χ1v) is 12.6. The minimum Gasteiger partial charge on any atom is -0.352 e. The number of piperidine rings is 1. The van der Waals surface area contributed by atoms with Gasteiger partial charge in [0.05, 0.1) is 12.4 Å². The fraction of sp³-hybridized carbons (Fsp3) is 0.760. The summed E-state index contributed by atoms with van der Waals surface area (Å²) in [7, 11) is 5.88. The van der Waals surface area contributed by atoms with Gasteiger partial charge in [0.15, 0.2) is 13.8 Å². The maximum atomic E-state index is 5.88. The Labute approximate surface area is 196 Å². The van der Waals surface area contributed by atoms with Gasteiger partial charge in [-0.1, -0.05) is 27.7 Å². The molecule has 1 unspecified atom stereocenters. The average molecular weight is 438 g/mol. The zero-order chi connectivity index (χ0) is 23.7. The Morgan fingerprint density at radius 3 is 2.19 bits per heavy atom. The molecule has 1 atom stereocenters. The molecule has 5 rings (SSSR count). The average Bonchev–Trinajstić information content (AvgIpc) is 3.36. The van der Waals surface area contributed by atoms with Gasteiger partial charge < -0.3 is 14.3 Å². The van der Waals surface area contributed by atoms with E-state index in [1.165, 1.54) is 29.9 Å². The van der Waals surface area contributed by atoms with Crippen LogP contribution in [0.2, 0.25) is 0 Å². The molecule has 1 saturated carbocycles. The maximum absolute atomic E-state index is 5.88.